The number of benzene rings is 3. The first-order chi connectivity index (χ1) is 15.3. The molecule has 0 spiro atoms. The third kappa shape index (κ3) is 4.37. The van der Waals surface area contributed by atoms with E-state index in [4.69, 9.17) is 0 Å². The van der Waals surface area contributed by atoms with Crippen LogP contribution in [0.4, 0.5) is 0 Å². The fraction of sp³-hybridized carbons (Fsp3) is 0.231. The van der Waals surface area contributed by atoms with E-state index in [-0.39, 0.29) is 11.9 Å². The number of likely N-dealkylation sites (tertiary alicyclic amines) is 1. The van der Waals surface area contributed by atoms with Crippen molar-refractivity contribution < 1.29 is 4.79 Å². The lowest BCUT2D eigenvalue weighted by Gasteiger charge is -2.32. The Kier molecular flexibility index (Phi) is 5.50. The summed E-state index contributed by atoms with van der Waals surface area (Å²) in [5.41, 5.74) is 4.89. The number of fused-ring (bicyclic) bond motifs is 1. The first-order valence-corrected chi connectivity index (χ1v) is 10.9. The van der Waals surface area contributed by atoms with Gasteiger partial charge >= 0.3 is 0 Å². The van der Waals surface area contributed by atoms with Gasteiger partial charge in [0.1, 0.15) is 6.33 Å². The molecule has 5 heteroatoms. The summed E-state index contributed by atoms with van der Waals surface area (Å²) < 4.78 is 2.04. The largest absolute Gasteiger partial charge is 0.349 e. The fourth-order valence-corrected chi connectivity index (χ4v) is 4.29. The van der Waals surface area contributed by atoms with Gasteiger partial charge in [0, 0.05) is 36.9 Å². The number of nitrogens with one attached hydrogen (secondary N) is 1. The van der Waals surface area contributed by atoms with Gasteiger partial charge < -0.3 is 5.32 Å². The molecule has 1 N–H and O–H groups in total. The molecule has 1 amide bonds. The molecule has 1 fully saturated rings. The smallest absolute Gasteiger partial charge is 0.251 e. The molecule has 0 atom stereocenters. The van der Waals surface area contributed by atoms with Gasteiger partial charge in [-0.3, -0.25) is 14.3 Å². The Labute approximate surface area is 182 Å². The van der Waals surface area contributed by atoms with Gasteiger partial charge in [0.15, 0.2) is 0 Å². The van der Waals surface area contributed by atoms with Crippen LogP contribution in [0, 0.1) is 0 Å². The molecule has 1 aromatic heterocycles. The van der Waals surface area contributed by atoms with E-state index < -0.39 is 0 Å². The molecule has 0 radical (unpaired) electrons. The average Bonchev–Trinajstić information content (AvgIpc) is 3.25. The van der Waals surface area contributed by atoms with E-state index in [9.17, 15) is 4.79 Å². The topological polar surface area (TPSA) is 50.2 Å². The number of amides is 1. The monoisotopic (exact) mass is 410 g/mol. The third-order valence-electron chi connectivity index (χ3n) is 6.02. The van der Waals surface area contributed by atoms with Crippen LogP contribution < -0.4 is 5.32 Å². The molecule has 0 saturated carbocycles. The molecular weight excluding hydrogens is 384 g/mol. The summed E-state index contributed by atoms with van der Waals surface area (Å²) in [6.07, 6.45) is 3.76. The highest BCUT2D eigenvalue weighted by Crippen LogP contribution is 2.20. The number of aromatic nitrogens is 2. The van der Waals surface area contributed by atoms with Crippen molar-refractivity contribution in [1.82, 2.24) is 19.8 Å². The summed E-state index contributed by atoms with van der Waals surface area (Å²) in [6.45, 7) is 2.98. The minimum atomic E-state index is -0.0160. The third-order valence-corrected chi connectivity index (χ3v) is 6.02. The number of nitrogens with zero attached hydrogens (tertiary/aromatic N) is 3. The van der Waals surface area contributed by atoms with Gasteiger partial charge in [-0.25, -0.2) is 4.98 Å². The highest BCUT2D eigenvalue weighted by molar-refractivity contribution is 5.97. The van der Waals surface area contributed by atoms with Crippen LogP contribution in [0.15, 0.2) is 85.2 Å². The zero-order chi connectivity index (χ0) is 21.0. The van der Waals surface area contributed by atoms with Crippen LogP contribution >= 0.6 is 0 Å². The summed E-state index contributed by atoms with van der Waals surface area (Å²) in [4.78, 5) is 19.8. The second-order valence-corrected chi connectivity index (χ2v) is 8.16. The molecule has 0 unspecified atom stereocenters. The molecule has 0 bridgehead atoms. The van der Waals surface area contributed by atoms with E-state index in [0.29, 0.717) is 5.56 Å². The number of imidazole rings is 1. The molecule has 4 aromatic rings. The second-order valence-electron chi connectivity index (χ2n) is 8.16. The minimum absolute atomic E-state index is 0.0160. The zero-order valence-corrected chi connectivity index (χ0v) is 17.4. The number of hydrogen-bond donors (Lipinski definition) is 1. The predicted molar refractivity (Wildman–Crippen MR) is 123 cm³/mol. The van der Waals surface area contributed by atoms with E-state index in [1.165, 1.54) is 5.56 Å². The number of carbonyl (C=O) groups is 1. The van der Waals surface area contributed by atoms with E-state index in [1.54, 1.807) is 0 Å². The van der Waals surface area contributed by atoms with Gasteiger partial charge in [-0.2, -0.15) is 0 Å². The highest BCUT2D eigenvalue weighted by atomic mass is 16.1. The lowest BCUT2D eigenvalue weighted by molar-refractivity contribution is 0.0909. The van der Waals surface area contributed by atoms with E-state index in [2.05, 4.69) is 45.5 Å². The van der Waals surface area contributed by atoms with Crippen LogP contribution in [-0.2, 0) is 6.54 Å². The number of hydrogen-bond acceptors (Lipinski definition) is 3. The Morgan fingerprint density at radius 1 is 0.935 bits per heavy atom. The normalized spacial score (nSPS) is 15.2. The maximum absolute atomic E-state index is 12.8. The second kappa shape index (κ2) is 8.74. The fourth-order valence-electron chi connectivity index (χ4n) is 4.29. The Bertz CT molecular complexity index is 1160. The zero-order valence-electron chi connectivity index (χ0n) is 17.4. The van der Waals surface area contributed by atoms with Crippen molar-refractivity contribution in [2.24, 2.45) is 0 Å². The summed E-state index contributed by atoms with van der Waals surface area (Å²) in [7, 11) is 0. The lowest BCUT2D eigenvalue weighted by atomic mass is 10.0. The van der Waals surface area contributed by atoms with Crippen molar-refractivity contribution >= 4 is 16.9 Å². The molecule has 5 nitrogen and oxygen atoms in total. The Balaban J connectivity index is 1.21. The van der Waals surface area contributed by atoms with Crippen LogP contribution in [0.3, 0.4) is 0 Å². The summed E-state index contributed by atoms with van der Waals surface area (Å²) in [5, 5.41) is 3.22. The Hall–Kier alpha value is -3.44. The number of para-hydroxylation sites is 1. The van der Waals surface area contributed by atoms with Crippen molar-refractivity contribution in [3.8, 4) is 5.69 Å². The molecule has 1 saturated heterocycles. The minimum Gasteiger partial charge on any atom is -0.349 e. The maximum Gasteiger partial charge on any atom is 0.251 e. The van der Waals surface area contributed by atoms with Gasteiger partial charge in [-0.05, 0) is 48.7 Å². The van der Waals surface area contributed by atoms with Gasteiger partial charge in [0.25, 0.3) is 5.91 Å². The maximum atomic E-state index is 12.8. The van der Waals surface area contributed by atoms with Gasteiger partial charge in [-0.15, -0.1) is 0 Å². The summed E-state index contributed by atoms with van der Waals surface area (Å²) >= 11 is 0. The number of rotatable bonds is 5. The van der Waals surface area contributed by atoms with Gasteiger partial charge in [-0.1, -0.05) is 48.5 Å². The highest BCUT2D eigenvalue weighted by Gasteiger charge is 2.21. The van der Waals surface area contributed by atoms with Crippen molar-refractivity contribution in [2.75, 3.05) is 13.1 Å². The average molecular weight is 411 g/mol. The van der Waals surface area contributed by atoms with Crippen LogP contribution in [-0.4, -0.2) is 39.5 Å². The molecule has 5 rings (SSSR count). The first kappa shape index (κ1) is 19.5. The van der Waals surface area contributed by atoms with Crippen LogP contribution in [0.5, 0.6) is 0 Å². The van der Waals surface area contributed by atoms with Gasteiger partial charge in [0.2, 0.25) is 0 Å². The molecular formula is C26H26N4O. The van der Waals surface area contributed by atoms with E-state index in [0.717, 1.165) is 49.2 Å². The summed E-state index contributed by atoms with van der Waals surface area (Å²) in [6, 6.07) is 26.6. The molecule has 2 heterocycles. The molecule has 31 heavy (non-hydrogen) atoms. The van der Waals surface area contributed by atoms with E-state index >= 15 is 0 Å². The van der Waals surface area contributed by atoms with Crippen molar-refractivity contribution in [3.63, 3.8) is 0 Å². The van der Waals surface area contributed by atoms with Crippen LogP contribution in [0.2, 0.25) is 0 Å². The van der Waals surface area contributed by atoms with Crippen LogP contribution in [0.25, 0.3) is 16.7 Å². The van der Waals surface area contributed by atoms with Crippen LogP contribution in [0.1, 0.15) is 28.8 Å². The van der Waals surface area contributed by atoms with Crippen molar-refractivity contribution in [3.05, 3.63) is 96.3 Å². The summed E-state index contributed by atoms with van der Waals surface area (Å²) in [5.74, 6) is -0.0160. The molecule has 0 aliphatic carbocycles. The standard InChI is InChI=1S/C26H26N4O/c31-26(28-22-13-15-29(16-14-22)18-20-7-3-1-4-8-20)21-11-12-25-24(17-21)27-19-30(25)23-9-5-2-6-10-23/h1-12,17,19,22H,13-16,18H2,(H,28,31). The number of piperidine rings is 1. The molecule has 1 aliphatic rings. The Morgan fingerprint density at radius 3 is 2.39 bits per heavy atom. The van der Waals surface area contributed by atoms with E-state index in [1.807, 2.05) is 59.4 Å². The van der Waals surface area contributed by atoms with Crippen molar-refractivity contribution in [2.45, 2.75) is 25.4 Å². The lowest BCUT2D eigenvalue weighted by Crippen LogP contribution is -2.44. The Morgan fingerprint density at radius 2 is 1.65 bits per heavy atom. The predicted octanol–water partition coefficient (Wildman–Crippen LogP) is 4.42. The van der Waals surface area contributed by atoms with Gasteiger partial charge in [0.05, 0.1) is 11.0 Å². The quantitative estimate of drug-likeness (QED) is 0.530. The molecule has 156 valence electrons. The number of carbonyl (C=O) groups excluding carboxylic acids is 1. The SMILES string of the molecule is O=C(NC1CCN(Cc2ccccc2)CC1)c1ccc2c(c1)ncn2-c1ccccc1. The molecule has 3 aromatic carbocycles. The first-order valence-electron chi connectivity index (χ1n) is 10.9. The molecule has 1 aliphatic heterocycles. The van der Waals surface area contributed by atoms with Crippen molar-refractivity contribution in [1.29, 1.82) is 0 Å².